The van der Waals surface area contributed by atoms with Crippen LogP contribution in [0.3, 0.4) is 0 Å². The van der Waals surface area contributed by atoms with Crippen molar-refractivity contribution in [2.75, 3.05) is 6.61 Å². The molecule has 0 saturated heterocycles. The lowest BCUT2D eigenvalue weighted by Crippen LogP contribution is -2.48. The minimum atomic E-state index is -0.673. The first kappa shape index (κ1) is 20.5. The van der Waals surface area contributed by atoms with Crippen molar-refractivity contribution in [1.82, 2.24) is 10.6 Å². The molecule has 0 aromatic heterocycles. The highest BCUT2D eigenvalue weighted by molar-refractivity contribution is 6.42. The van der Waals surface area contributed by atoms with E-state index in [0.717, 1.165) is 25.7 Å². The Hall–Kier alpha value is -1.79. The van der Waals surface area contributed by atoms with Gasteiger partial charge in [0, 0.05) is 6.04 Å². The first-order chi connectivity index (χ1) is 12.3. The topological polar surface area (TPSA) is 84.5 Å². The second-order valence-electron chi connectivity index (χ2n) is 6.48. The molecule has 2 atom stereocenters. The van der Waals surface area contributed by atoms with Gasteiger partial charge >= 0.3 is 12.0 Å². The van der Waals surface area contributed by atoms with Crippen molar-refractivity contribution >= 4 is 41.1 Å². The van der Waals surface area contributed by atoms with Crippen molar-refractivity contribution < 1.29 is 19.1 Å². The predicted octanol–water partition coefficient (Wildman–Crippen LogP) is 3.48. The van der Waals surface area contributed by atoms with E-state index in [1.54, 1.807) is 18.2 Å². The van der Waals surface area contributed by atoms with Crippen LogP contribution >= 0.6 is 23.2 Å². The molecular formula is C18H22Cl2N2O4. The van der Waals surface area contributed by atoms with E-state index in [-0.39, 0.29) is 12.5 Å². The number of urea groups is 1. The van der Waals surface area contributed by atoms with Crippen LogP contribution in [0.1, 0.15) is 38.2 Å². The standard InChI is InChI=1S/C18H22Cl2N2O4/c1-11-4-2-3-5-15(11)21-18(25)22-16(23)10-26-17(24)9-12-6-7-13(19)14(20)8-12/h6-8,11,15H,2-5,9-10H2,1H3,(H2,21,22,23,25)/t11-,15-/m0/s1. The van der Waals surface area contributed by atoms with Gasteiger partial charge in [0.15, 0.2) is 6.61 Å². The fraction of sp³-hybridized carbons (Fsp3) is 0.500. The molecule has 1 aliphatic carbocycles. The first-order valence-corrected chi connectivity index (χ1v) is 9.30. The van der Waals surface area contributed by atoms with Gasteiger partial charge in [0.2, 0.25) is 0 Å². The lowest BCUT2D eigenvalue weighted by Gasteiger charge is -2.29. The second-order valence-corrected chi connectivity index (χ2v) is 7.29. The number of nitrogens with one attached hydrogen (secondary N) is 2. The summed E-state index contributed by atoms with van der Waals surface area (Å²) in [6.45, 7) is 1.56. The third-order valence-corrected chi connectivity index (χ3v) is 5.12. The number of carbonyl (C=O) groups excluding carboxylic acids is 3. The first-order valence-electron chi connectivity index (χ1n) is 8.55. The zero-order chi connectivity index (χ0) is 19.1. The van der Waals surface area contributed by atoms with Crippen LogP contribution in [0.2, 0.25) is 10.0 Å². The maximum absolute atomic E-state index is 11.9. The monoisotopic (exact) mass is 400 g/mol. The van der Waals surface area contributed by atoms with E-state index < -0.39 is 24.5 Å². The molecule has 1 saturated carbocycles. The Morgan fingerprint density at radius 3 is 2.58 bits per heavy atom. The summed E-state index contributed by atoms with van der Waals surface area (Å²) in [4.78, 5) is 35.4. The number of esters is 1. The van der Waals surface area contributed by atoms with E-state index >= 15 is 0 Å². The molecule has 0 aliphatic heterocycles. The minimum absolute atomic E-state index is 0.0457. The normalized spacial score (nSPS) is 19.5. The predicted molar refractivity (Wildman–Crippen MR) is 99.2 cm³/mol. The van der Waals surface area contributed by atoms with Crippen LogP contribution in [0.4, 0.5) is 4.79 Å². The molecule has 2 rings (SSSR count). The van der Waals surface area contributed by atoms with Crippen LogP contribution in [-0.2, 0) is 20.7 Å². The van der Waals surface area contributed by atoms with Gasteiger partial charge in [0.1, 0.15) is 0 Å². The highest BCUT2D eigenvalue weighted by Gasteiger charge is 2.23. The van der Waals surface area contributed by atoms with Gasteiger partial charge in [-0.25, -0.2) is 4.79 Å². The maximum atomic E-state index is 11.9. The molecule has 3 amide bonds. The molecular weight excluding hydrogens is 379 g/mol. The fourth-order valence-electron chi connectivity index (χ4n) is 2.91. The number of hydrogen-bond donors (Lipinski definition) is 2. The molecule has 8 heteroatoms. The molecule has 26 heavy (non-hydrogen) atoms. The smallest absolute Gasteiger partial charge is 0.321 e. The molecule has 2 N–H and O–H groups in total. The van der Waals surface area contributed by atoms with E-state index in [1.165, 1.54) is 0 Å². The molecule has 0 bridgehead atoms. The van der Waals surface area contributed by atoms with E-state index in [1.807, 2.05) is 0 Å². The number of hydrogen-bond acceptors (Lipinski definition) is 4. The molecule has 6 nitrogen and oxygen atoms in total. The van der Waals surface area contributed by atoms with Gasteiger partial charge < -0.3 is 10.1 Å². The average molecular weight is 401 g/mol. The van der Waals surface area contributed by atoms with Crippen molar-refractivity contribution in [2.45, 2.75) is 45.1 Å². The van der Waals surface area contributed by atoms with Crippen molar-refractivity contribution in [3.05, 3.63) is 33.8 Å². The SMILES string of the molecule is C[C@H]1CCCC[C@@H]1NC(=O)NC(=O)COC(=O)Cc1ccc(Cl)c(Cl)c1. The number of halogens is 2. The Kier molecular flexibility index (Phi) is 7.72. The van der Waals surface area contributed by atoms with E-state index in [2.05, 4.69) is 17.6 Å². The number of imide groups is 1. The summed E-state index contributed by atoms with van der Waals surface area (Å²) in [6, 6.07) is 4.29. The van der Waals surface area contributed by atoms with Crippen molar-refractivity contribution in [3.8, 4) is 0 Å². The van der Waals surface area contributed by atoms with Gasteiger partial charge in [-0.2, -0.15) is 0 Å². The Labute approximate surface area is 162 Å². The zero-order valence-electron chi connectivity index (χ0n) is 14.5. The van der Waals surface area contributed by atoms with Gasteiger partial charge in [-0.3, -0.25) is 14.9 Å². The molecule has 142 valence electrons. The number of rotatable bonds is 5. The second kappa shape index (κ2) is 9.78. The summed E-state index contributed by atoms with van der Waals surface area (Å²) in [6.07, 6.45) is 4.15. The molecule has 1 aliphatic rings. The summed E-state index contributed by atoms with van der Waals surface area (Å²) >= 11 is 11.7. The summed E-state index contributed by atoms with van der Waals surface area (Å²) in [5, 5.41) is 5.71. The molecule has 0 unspecified atom stereocenters. The Morgan fingerprint density at radius 2 is 1.88 bits per heavy atom. The van der Waals surface area contributed by atoms with Crippen LogP contribution in [0.15, 0.2) is 18.2 Å². The number of carbonyl (C=O) groups is 3. The Morgan fingerprint density at radius 1 is 1.15 bits per heavy atom. The molecule has 1 fully saturated rings. The average Bonchev–Trinajstić information content (AvgIpc) is 2.58. The Bertz CT molecular complexity index is 681. The minimum Gasteiger partial charge on any atom is -0.455 e. The Balaban J connectivity index is 1.71. The number of ether oxygens (including phenoxy) is 1. The largest absolute Gasteiger partial charge is 0.455 e. The van der Waals surface area contributed by atoms with Crippen LogP contribution in [0, 0.1) is 5.92 Å². The van der Waals surface area contributed by atoms with Crippen LogP contribution in [0.25, 0.3) is 0 Å². The maximum Gasteiger partial charge on any atom is 0.321 e. The highest BCUT2D eigenvalue weighted by Crippen LogP contribution is 2.24. The van der Waals surface area contributed by atoms with Crippen LogP contribution in [0.5, 0.6) is 0 Å². The molecule has 0 spiro atoms. The van der Waals surface area contributed by atoms with E-state index in [0.29, 0.717) is 21.5 Å². The van der Waals surface area contributed by atoms with Crippen molar-refractivity contribution in [1.29, 1.82) is 0 Å². The van der Waals surface area contributed by atoms with Gasteiger partial charge in [-0.1, -0.05) is 49.0 Å². The lowest BCUT2D eigenvalue weighted by molar-refractivity contribution is -0.147. The third-order valence-electron chi connectivity index (χ3n) is 4.38. The van der Waals surface area contributed by atoms with E-state index in [4.69, 9.17) is 27.9 Å². The number of benzene rings is 1. The van der Waals surface area contributed by atoms with Gasteiger partial charge in [0.25, 0.3) is 5.91 Å². The zero-order valence-corrected chi connectivity index (χ0v) is 16.0. The van der Waals surface area contributed by atoms with Crippen LogP contribution < -0.4 is 10.6 Å². The lowest BCUT2D eigenvalue weighted by atomic mass is 9.86. The van der Waals surface area contributed by atoms with Crippen molar-refractivity contribution in [3.63, 3.8) is 0 Å². The van der Waals surface area contributed by atoms with Gasteiger partial charge in [0.05, 0.1) is 16.5 Å². The quantitative estimate of drug-likeness (QED) is 0.740. The van der Waals surface area contributed by atoms with Crippen LogP contribution in [-0.4, -0.2) is 30.6 Å². The fourth-order valence-corrected chi connectivity index (χ4v) is 3.23. The van der Waals surface area contributed by atoms with E-state index in [9.17, 15) is 14.4 Å². The third kappa shape index (κ3) is 6.50. The molecule has 0 radical (unpaired) electrons. The van der Waals surface area contributed by atoms with Gasteiger partial charge in [-0.15, -0.1) is 0 Å². The molecule has 0 heterocycles. The van der Waals surface area contributed by atoms with Crippen molar-refractivity contribution in [2.24, 2.45) is 5.92 Å². The summed E-state index contributed by atoms with van der Waals surface area (Å²) < 4.78 is 4.88. The number of amides is 3. The highest BCUT2D eigenvalue weighted by atomic mass is 35.5. The van der Waals surface area contributed by atoms with Gasteiger partial charge in [-0.05, 0) is 36.5 Å². The summed E-state index contributed by atoms with van der Waals surface area (Å²) in [5.74, 6) is -0.887. The summed E-state index contributed by atoms with van der Waals surface area (Å²) in [5.41, 5.74) is 0.619. The molecule has 1 aromatic carbocycles. The summed E-state index contributed by atoms with van der Waals surface area (Å²) in [7, 11) is 0. The molecule has 1 aromatic rings.